The largest absolute Gasteiger partial charge is 0.481 e. The second kappa shape index (κ2) is 5.30. The lowest BCUT2D eigenvalue weighted by Crippen LogP contribution is -2.02. The number of aryl methyl sites for hydroxylation is 1. The van der Waals surface area contributed by atoms with Crippen molar-refractivity contribution >= 4 is 27.3 Å². The van der Waals surface area contributed by atoms with Gasteiger partial charge in [0.25, 0.3) is 0 Å². The van der Waals surface area contributed by atoms with Gasteiger partial charge in [-0.25, -0.2) is 4.68 Å². The number of anilines is 2. The molecule has 0 aliphatic heterocycles. The molecule has 96 valence electrons. The van der Waals surface area contributed by atoms with Crippen LogP contribution in [-0.4, -0.2) is 16.9 Å². The molecule has 0 unspecified atom stereocenters. The Morgan fingerprint density at radius 1 is 1.44 bits per heavy atom. The lowest BCUT2D eigenvalue weighted by molar-refractivity contribution is 0.373. The summed E-state index contributed by atoms with van der Waals surface area (Å²) in [6, 6.07) is 7.55. The van der Waals surface area contributed by atoms with E-state index in [1.807, 2.05) is 31.3 Å². The van der Waals surface area contributed by atoms with E-state index in [1.54, 1.807) is 11.8 Å². The molecule has 6 heteroatoms. The number of rotatable bonds is 4. The van der Waals surface area contributed by atoms with Gasteiger partial charge in [-0.2, -0.15) is 5.10 Å². The summed E-state index contributed by atoms with van der Waals surface area (Å²) >= 11 is 3.46. The molecule has 1 aromatic heterocycles. The monoisotopic (exact) mass is 310 g/mol. The number of nitrogen functional groups attached to an aromatic ring is 1. The van der Waals surface area contributed by atoms with Gasteiger partial charge >= 0.3 is 0 Å². The number of ether oxygens (including phenoxy) is 1. The van der Waals surface area contributed by atoms with Crippen LogP contribution in [0.4, 0.5) is 11.4 Å². The number of methoxy groups -OCH3 is 1. The number of nitrogens with two attached hydrogens (primary N) is 1. The van der Waals surface area contributed by atoms with Crippen LogP contribution in [0, 0.1) is 0 Å². The third-order valence-electron chi connectivity index (χ3n) is 2.55. The van der Waals surface area contributed by atoms with Crippen LogP contribution in [0.2, 0.25) is 0 Å². The second-order valence-electron chi connectivity index (χ2n) is 3.89. The van der Waals surface area contributed by atoms with Crippen LogP contribution < -0.4 is 15.8 Å². The minimum Gasteiger partial charge on any atom is -0.481 e. The lowest BCUT2D eigenvalue weighted by Gasteiger charge is -2.07. The molecule has 0 spiro atoms. The Balaban J connectivity index is 2.06. The molecule has 0 bridgehead atoms. The Morgan fingerprint density at radius 2 is 2.22 bits per heavy atom. The lowest BCUT2D eigenvalue weighted by atomic mass is 10.3. The maximum absolute atomic E-state index is 5.69. The highest BCUT2D eigenvalue weighted by Gasteiger charge is 2.05. The number of hydrogen-bond donors (Lipinski definition) is 2. The summed E-state index contributed by atoms with van der Waals surface area (Å²) in [6.07, 6.45) is 0. The van der Waals surface area contributed by atoms with Gasteiger partial charge < -0.3 is 15.8 Å². The first kappa shape index (κ1) is 12.8. The SMILES string of the molecule is COc1cc(CNc2ccc(N)cc2Br)nn1C. The number of benzene rings is 1. The number of nitrogens with one attached hydrogen (secondary N) is 1. The molecule has 0 aliphatic carbocycles. The van der Waals surface area contributed by atoms with E-state index >= 15 is 0 Å². The van der Waals surface area contributed by atoms with Crippen LogP contribution in [-0.2, 0) is 13.6 Å². The molecular formula is C12H15BrN4O. The van der Waals surface area contributed by atoms with Gasteiger partial charge in [0.2, 0.25) is 5.88 Å². The van der Waals surface area contributed by atoms with Crippen LogP contribution >= 0.6 is 15.9 Å². The number of halogens is 1. The Labute approximate surface area is 114 Å². The van der Waals surface area contributed by atoms with E-state index < -0.39 is 0 Å². The van der Waals surface area contributed by atoms with Gasteiger partial charge in [0, 0.05) is 29.0 Å². The number of nitrogens with zero attached hydrogens (tertiary/aromatic N) is 2. The van der Waals surface area contributed by atoms with Crippen molar-refractivity contribution in [2.75, 3.05) is 18.2 Å². The van der Waals surface area contributed by atoms with Crippen LogP contribution in [0.3, 0.4) is 0 Å². The fraction of sp³-hybridized carbons (Fsp3) is 0.250. The fourth-order valence-electron chi connectivity index (χ4n) is 1.64. The topological polar surface area (TPSA) is 65.1 Å². The highest BCUT2D eigenvalue weighted by atomic mass is 79.9. The third-order valence-corrected chi connectivity index (χ3v) is 3.21. The molecule has 3 N–H and O–H groups in total. The molecule has 1 heterocycles. The minimum atomic E-state index is 0.625. The zero-order valence-electron chi connectivity index (χ0n) is 10.3. The van der Waals surface area contributed by atoms with E-state index in [4.69, 9.17) is 10.5 Å². The number of hydrogen-bond acceptors (Lipinski definition) is 4. The molecule has 0 radical (unpaired) electrons. The smallest absolute Gasteiger partial charge is 0.211 e. The summed E-state index contributed by atoms with van der Waals surface area (Å²) in [6.45, 7) is 0.625. The molecule has 0 amide bonds. The van der Waals surface area contributed by atoms with Gasteiger partial charge in [0.15, 0.2) is 0 Å². The van der Waals surface area contributed by atoms with E-state index in [9.17, 15) is 0 Å². The molecule has 0 atom stereocenters. The average molecular weight is 311 g/mol. The van der Waals surface area contributed by atoms with Crippen LogP contribution in [0.1, 0.15) is 5.69 Å². The summed E-state index contributed by atoms with van der Waals surface area (Å²) in [5.74, 6) is 0.739. The average Bonchev–Trinajstić information content (AvgIpc) is 2.69. The fourth-order valence-corrected chi connectivity index (χ4v) is 2.18. The molecule has 2 aromatic rings. The van der Waals surface area contributed by atoms with E-state index in [0.717, 1.165) is 27.4 Å². The van der Waals surface area contributed by atoms with Crippen LogP contribution in [0.15, 0.2) is 28.7 Å². The summed E-state index contributed by atoms with van der Waals surface area (Å²) < 4.78 is 7.80. The van der Waals surface area contributed by atoms with Crippen molar-refractivity contribution < 1.29 is 4.74 Å². The van der Waals surface area contributed by atoms with Crippen molar-refractivity contribution in [1.82, 2.24) is 9.78 Å². The van der Waals surface area contributed by atoms with Crippen molar-refractivity contribution in [3.63, 3.8) is 0 Å². The zero-order valence-corrected chi connectivity index (χ0v) is 11.9. The van der Waals surface area contributed by atoms with E-state index in [-0.39, 0.29) is 0 Å². The summed E-state index contributed by atoms with van der Waals surface area (Å²) in [4.78, 5) is 0. The summed E-state index contributed by atoms with van der Waals surface area (Å²) in [7, 11) is 3.48. The second-order valence-corrected chi connectivity index (χ2v) is 4.75. The highest BCUT2D eigenvalue weighted by Crippen LogP contribution is 2.25. The first-order valence-corrected chi connectivity index (χ1v) is 6.25. The van der Waals surface area contributed by atoms with Crippen LogP contribution in [0.5, 0.6) is 5.88 Å². The maximum Gasteiger partial charge on any atom is 0.211 e. The summed E-state index contributed by atoms with van der Waals surface area (Å²) in [5.41, 5.74) is 8.31. The van der Waals surface area contributed by atoms with Crippen molar-refractivity contribution in [3.8, 4) is 5.88 Å². The standard InChI is InChI=1S/C12H15BrN4O/c1-17-12(18-2)6-9(16-17)7-15-11-4-3-8(14)5-10(11)13/h3-6,15H,7,14H2,1-2H3. The highest BCUT2D eigenvalue weighted by molar-refractivity contribution is 9.10. The normalized spacial score (nSPS) is 10.4. The maximum atomic E-state index is 5.69. The van der Waals surface area contributed by atoms with E-state index in [1.165, 1.54) is 0 Å². The van der Waals surface area contributed by atoms with E-state index in [0.29, 0.717) is 6.54 Å². The quantitative estimate of drug-likeness (QED) is 0.851. The van der Waals surface area contributed by atoms with Crippen molar-refractivity contribution in [2.24, 2.45) is 7.05 Å². The Hall–Kier alpha value is -1.69. The van der Waals surface area contributed by atoms with Gasteiger partial charge in [-0.1, -0.05) is 0 Å². The molecule has 0 fully saturated rings. The minimum absolute atomic E-state index is 0.625. The van der Waals surface area contributed by atoms with Gasteiger partial charge in [-0.15, -0.1) is 0 Å². The number of aromatic nitrogens is 2. The van der Waals surface area contributed by atoms with Crippen molar-refractivity contribution in [2.45, 2.75) is 6.54 Å². The Bertz CT molecular complexity index is 553. The van der Waals surface area contributed by atoms with Gasteiger partial charge in [0.05, 0.1) is 19.3 Å². The molecular weight excluding hydrogens is 296 g/mol. The molecule has 2 rings (SSSR count). The molecule has 5 nitrogen and oxygen atoms in total. The molecule has 1 aromatic carbocycles. The molecule has 0 saturated heterocycles. The molecule has 0 saturated carbocycles. The van der Waals surface area contributed by atoms with Crippen LogP contribution in [0.25, 0.3) is 0 Å². The van der Waals surface area contributed by atoms with Crippen molar-refractivity contribution in [3.05, 3.63) is 34.4 Å². The first-order valence-electron chi connectivity index (χ1n) is 5.46. The van der Waals surface area contributed by atoms with E-state index in [2.05, 4.69) is 26.3 Å². The van der Waals surface area contributed by atoms with Crippen molar-refractivity contribution in [1.29, 1.82) is 0 Å². The predicted molar refractivity (Wildman–Crippen MR) is 75.6 cm³/mol. The van der Waals surface area contributed by atoms with Gasteiger partial charge in [-0.3, -0.25) is 0 Å². The third kappa shape index (κ3) is 2.76. The Morgan fingerprint density at radius 3 is 2.83 bits per heavy atom. The van der Waals surface area contributed by atoms with Gasteiger partial charge in [-0.05, 0) is 34.1 Å². The zero-order chi connectivity index (χ0) is 13.1. The molecule has 18 heavy (non-hydrogen) atoms. The van der Waals surface area contributed by atoms with Gasteiger partial charge in [0.1, 0.15) is 0 Å². The first-order chi connectivity index (χ1) is 8.60. The predicted octanol–water partition coefficient (Wildman–Crippen LogP) is 2.39. The molecule has 0 aliphatic rings. The Kier molecular flexibility index (Phi) is 3.76. The summed E-state index contributed by atoms with van der Waals surface area (Å²) in [5, 5.41) is 7.62.